The number of hydrogen-bond acceptors (Lipinski definition) is 6. The number of pyridine rings is 1. The number of fused-ring (bicyclic) bond motifs is 2. The molecule has 210 valence electrons. The molecular formula is C32H39N5O3. The summed E-state index contributed by atoms with van der Waals surface area (Å²) >= 11 is 0. The van der Waals surface area contributed by atoms with Crippen molar-refractivity contribution in [2.45, 2.75) is 79.6 Å². The fourth-order valence-electron chi connectivity index (χ4n) is 5.88. The van der Waals surface area contributed by atoms with E-state index in [2.05, 4.69) is 58.3 Å². The highest BCUT2D eigenvalue weighted by atomic mass is 16.5. The van der Waals surface area contributed by atoms with Gasteiger partial charge in [-0.2, -0.15) is 0 Å². The molecule has 1 aliphatic rings. The lowest BCUT2D eigenvalue weighted by molar-refractivity contribution is -0.147. The highest BCUT2D eigenvalue weighted by Gasteiger charge is 2.40. The second-order valence-corrected chi connectivity index (χ2v) is 11.5. The standard InChI is InChI=1S/C32H39N5O3/c1-7-24-18-36(19-26-28(40-24)10-9-15-33-26)17-23-16-22(12-11-20(23)3)29(32(5,6)31(38)39)25-13-14-27-30(21(25)4)34-35-37(27)8-2/h9-16,24,29H,7-8,17-19H2,1-6H3,(H,38,39)/t24-,29+/m1/s1. The molecule has 1 N–H and O–H groups in total. The molecule has 0 amide bonds. The van der Waals surface area contributed by atoms with Gasteiger partial charge in [-0.25, -0.2) is 4.68 Å². The largest absolute Gasteiger partial charge is 0.487 e. The van der Waals surface area contributed by atoms with Crippen LogP contribution in [-0.2, 0) is 24.4 Å². The van der Waals surface area contributed by atoms with E-state index in [4.69, 9.17) is 4.74 Å². The van der Waals surface area contributed by atoms with E-state index in [1.165, 1.54) is 11.1 Å². The number of ether oxygens (including phenoxy) is 1. The first-order valence-electron chi connectivity index (χ1n) is 14.1. The van der Waals surface area contributed by atoms with Crippen LogP contribution in [0.2, 0.25) is 0 Å². The minimum Gasteiger partial charge on any atom is -0.487 e. The fourth-order valence-corrected chi connectivity index (χ4v) is 5.88. The molecule has 0 saturated heterocycles. The Morgan fingerprint density at radius 3 is 2.70 bits per heavy atom. The summed E-state index contributed by atoms with van der Waals surface area (Å²) in [6, 6.07) is 14.4. The van der Waals surface area contributed by atoms with Crippen molar-refractivity contribution in [1.82, 2.24) is 24.9 Å². The molecule has 0 radical (unpaired) electrons. The summed E-state index contributed by atoms with van der Waals surface area (Å²) in [6.07, 6.45) is 2.80. The first-order chi connectivity index (χ1) is 19.1. The van der Waals surface area contributed by atoms with Crippen LogP contribution < -0.4 is 4.74 Å². The minimum atomic E-state index is -1.06. The van der Waals surface area contributed by atoms with Crippen LogP contribution in [0.15, 0.2) is 48.7 Å². The van der Waals surface area contributed by atoms with E-state index >= 15 is 0 Å². The zero-order valence-corrected chi connectivity index (χ0v) is 24.3. The normalized spacial score (nSPS) is 16.8. The van der Waals surface area contributed by atoms with Gasteiger partial charge in [-0.15, -0.1) is 5.10 Å². The summed E-state index contributed by atoms with van der Waals surface area (Å²) < 4.78 is 8.14. The van der Waals surface area contributed by atoms with Crippen molar-refractivity contribution in [3.8, 4) is 5.75 Å². The van der Waals surface area contributed by atoms with Crippen LogP contribution in [0.1, 0.15) is 73.5 Å². The molecule has 0 aliphatic carbocycles. The molecule has 0 bridgehead atoms. The lowest BCUT2D eigenvalue weighted by Gasteiger charge is -2.33. The van der Waals surface area contributed by atoms with Crippen molar-refractivity contribution in [3.63, 3.8) is 0 Å². The Balaban J connectivity index is 1.56. The predicted octanol–water partition coefficient (Wildman–Crippen LogP) is 5.88. The van der Waals surface area contributed by atoms with Gasteiger partial charge < -0.3 is 9.84 Å². The van der Waals surface area contributed by atoms with Crippen LogP contribution in [0.5, 0.6) is 5.75 Å². The second kappa shape index (κ2) is 11.0. The maximum Gasteiger partial charge on any atom is 0.310 e. The summed E-state index contributed by atoms with van der Waals surface area (Å²) in [4.78, 5) is 19.6. The molecule has 0 saturated carbocycles. The van der Waals surface area contributed by atoms with Crippen molar-refractivity contribution in [2.75, 3.05) is 6.54 Å². The number of aromatic nitrogens is 4. The number of benzene rings is 2. The Bertz CT molecular complexity index is 1540. The first kappa shape index (κ1) is 27.8. The molecule has 2 aromatic carbocycles. The maximum absolute atomic E-state index is 12.7. The smallest absolute Gasteiger partial charge is 0.310 e. The van der Waals surface area contributed by atoms with Crippen LogP contribution >= 0.6 is 0 Å². The number of carboxylic acid groups (broad SMARTS) is 1. The summed E-state index contributed by atoms with van der Waals surface area (Å²) in [5, 5.41) is 19.1. The van der Waals surface area contributed by atoms with Crippen molar-refractivity contribution in [3.05, 3.63) is 82.2 Å². The van der Waals surface area contributed by atoms with Gasteiger partial charge in [0.05, 0.1) is 16.6 Å². The van der Waals surface area contributed by atoms with Crippen molar-refractivity contribution >= 4 is 17.0 Å². The molecule has 1 aliphatic heterocycles. The topological polar surface area (TPSA) is 93.4 Å². The highest BCUT2D eigenvalue weighted by Crippen LogP contribution is 2.44. The Labute approximate surface area is 236 Å². The molecule has 2 atom stereocenters. The number of nitrogens with zero attached hydrogens (tertiary/aromatic N) is 5. The monoisotopic (exact) mass is 541 g/mol. The van der Waals surface area contributed by atoms with Crippen molar-refractivity contribution in [2.24, 2.45) is 5.41 Å². The van der Waals surface area contributed by atoms with Crippen LogP contribution in [0.25, 0.3) is 11.0 Å². The van der Waals surface area contributed by atoms with Gasteiger partial charge in [0.25, 0.3) is 0 Å². The SMILES string of the molecule is CC[C@@H]1CN(Cc2cc([C@@H](c3ccc4c(nnn4CC)c3C)C(C)(C)C(=O)O)ccc2C)Cc2ncccc2O1. The Kier molecular flexibility index (Phi) is 7.64. The number of hydrogen-bond donors (Lipinski definition) is 1. The number of carboxylic acids is 1. The van der Waals surface area contributed by atoms with Gasteiger partial charge in [-0.1, -0.05) is 36.4 Å². The lowest BCUT2D eigenvalue weighted by Crippen LogP contribution is -2.33. The zero-order valence-electron chi connectivity index (χ0n) is 24.3. The lowest BCUT2D eigenvalue weighted by atomic mass is 9.69. The molecule has 8 nitrogen and oxygen atoms in total. The van der Waals surface area contributed by atoms with Crippen LogP contribution in [0.3, 0.4) is 0 Å². The van der Waals surface area contributed by atoms with E-state index < -0.39 is 11.4 Å². The summed E-state index contributed by atoms with van der Waals surface area (Å²) in [7, 11) is 0. The predicted molar refractivity (Wildman–Crippen MR) is 155 cm³/mol. The molecule has 0 spiro atoms. The average molecular weight is 542 g/mol. The third-order valence-electron chi connectivity index (χ3n) is 8.40. The van der Waals surface area contributed by atoms with E-state index in [-0.39, 0.29) is 12.0 Å². The van der Waals surface area contributed by atoms with Crippen LogP contribution in [-0.4, -0.2) is 48.6 Å². The number of aliphatic carboxylic acids is 1. The molecule has 0 unspecified atom stereocenters. The summed E-state index contributed by atoms with van der Waals surface area (Å²) in [5.41, 5.74) is 6.93. The minimum absolute atomic E-state index is 0.0820. The van der Waals surface area contributed by atoms with Gasteiger partial charge in [0, 0.05) is 38.3 Å². The quantitative estimate of drug-likeness (QED) is 0.298. The van der Waals surface area contributed by atoms with Crippen molar-refractivity contribution in [1.29, 1.82) is 0 Å². The number of rotatable bonds is 8. The third kappa shape index (κ3) is 5.08. The fraction of sp³-hybridized carbons (Fsp3) is 0.438. The van der Waals surface area contributed by atoms with E-state index in [0.29, 0.717) is 6.54 Å². The van der Waals surface area contributed by atoms with E-state index in [1.54, 1.807) is 0 Å². The molecule has 40 heavy (non-hydrogen) atoms. The Morgan fingerprint density at radius 2 is 1.98 bits per heavy atom. The summed E-state index contributed by atoms with van der Waals surface area (Å²) in [5.74, 6) is -0.357. The van der Waals surface area contributed by atoms with E-state index in [9.17, 15) is 9.90 Å². The molecule has 4 aromatic rings. The number of carbonyl (C=O) groups is 1. The highest BCUT2D eigenvalue weighted by molar-refractivity contribution is 5.82. The molecule has 2 aromatic heterocycles. The molecular weight excluding hydrogens is 502 g/mol. The molecule has 3 heterocycles. The first-order valence-corrected chi connectivity index (χ1v) is 14.1. The average Bonchev–Trinajstić information content (AvgIpc) is 3.27. The van der Waals surface area contributed by atoms with Gasteiger partial charge in [-0.05, 0) is 87.1 Å². The maximum atomic E-state index is 12.7. The van der Waals surface area contributed by atoms with Gasteiger partial charge in [0.2, 0.25) is 0 Å². The zero-order chi connectivity index (χ0) is 28.6. The number of aryl methyl sites for hydroxylation is 3. The molecule has 5 rings (SSSR count). The van der Waals surface area contributed by atoms with Gasteiger partial charge >= 0.3 is 5.97 Å². The second-order valence-electron chi connectivity index (χ2n) is 11.5. The Hall–Kier alpha value is -3.78. The van der Waals surface area contributed by atoms with Gasteiger partial charge in [0.15, 0.2) is 0 Å². The molecule has 0 fully saturated rings. The molecule has 8 heteroatoms. The summed E-state index contributed by atoms with van der Waals surface area (Å²) in [6.45, 7) is 14.9. The van der Waals surface area contributed by atoms with E-state index in [0.717, 1.165) is 65.2 Å². The van der Waals surface area contributed by atoms with E-state index in [1.807, 2.05) is 56.8 Å². The van der Waals surface area contributed by atoms with Crippen LogP contribution in [0.4, 0.5) is 0 Å². The Morgan fingerprint density at radius 1 is 1.18 bits per heavy atom. The van der Waals surface area contributed by atoms with Gasteiger partial charge in [-0.3, -0.25) is 14.7 Å². The van der Waals surface area contributed by atoms with Crippen LogP contribution in [0, 0.1) is 19.3 Å². The van der Waals surface area contributed by atoms with Crippen molar-refractivity contribution < 1.29 is 14.6 Å². The van der Waals surface area contributed by atoms with Gasteiger partial charge in [0.1, 0.15) is 17.4 Å². The third-order valence-corrected chi connectivity index (χ3v) is 8.40.